The quantitative estimate of drug-likeness (QED) is 0.931. The summed E-state index contributed by atoms with van der Waals surface area (Å²) in [4.78, 5) is 7.24. The molecule has 108 valence electrons. The van der Waals surface area contributed by atoms with Crippen molar-refractivity contribution in [2.24, 2.45) is 11.1 Å². The molecule has 0 bridgehead atoms. The van der Waals surface area contributed by atoms with Crippen molar-refractivity contribution >= 4 is 11.5 Å². The van der Waals surface area contributed by atoms with Crippen molar-refractivity contribution in [1.29, 1.82) is 0 Å². The van der Waals surface area contributed by atoms with E-state index in [1.54, 1.807) is 0 Å². The Bertz CT molecular complexity index is 598. The summed E-state index contributed by atoms with van der Waals surface area (Å²) in [5.41, 5.74) is 8.56. The number of imidazole rings is 1. The topological polar surface area (TPSA) is 46.6 Å². The zero-order valence-corrected chi connectivity index (χ0v) is 12.5. The van der Waals surface area contributed by atoms with Crippen LogP contribution in [0.4, 0.5) is 5.82 Å². The van der Waals surface area contributed by atoms with E-state index in [-0.39, 0.29) is 0 Å². The van der Waals surface area contributed by atoms with Crippen LogP contribution in [0.5, 0.6) is 0 Å². The van der Waals surface area contributed by atoms with E-state index in [0.29, 0.717) is 12.0 Å². The lowest BCUT2D eigenvalue weighted by Gasteiger charge is -2.26. The lowest BCUT2D eigenvalue weighted by molar-refractivity contribution is 0.301. The molecule has 4 heteroatoms. The van der Waals surface area contributed by atoms with Gasteiger partial charge >= 0.3 is 0 Å². The summed E-state index contributed by atoms with van der Waals surface area (Å²) in [5.74, 6) is 1.09. The Hall–Kier alpha value is -1.55. The molecule has 2 aromatic heterocycles. The van der Waals surface area contributed by atoms with Crippen LogP contribution in [0.2, 0.25) is 0 Å². The molecule has 0 atom stereocenters. The van der Waals surface area contributed by atoms with Crippen LogP contribution < -0.4 is 10.6 Å². The van der Waals surface area contributed by atoms with Crippen LogP contribution in [-0.2, 0) is 6.54 Å². The first kappa shape index (κ1) is 13.4. The standard InChI is InChI=1S/C16H24N4/c1-3-16(4-2)8-10-19(12-16)15-13(11-17)20-9-6-5-7-14(20)18-15/h5-7,9H,3-4,8,10-12,17H2,1-2H3. The van der Waals surface area contributed by atoms with Gasteiger partial charge in [-0.1, -0.05) is 19.9 Å². The first-order valence-electron chi connectivity index (χ1n) is 7.64. The van der Waals surface area contributed by atoms with Gasteiger partial charge in [-0.05, 0) is 36.8 Å². The minimum atomic E-state index is 0.460. The van der Waals surface area contributed by atoms with Crippen LogP contribution in [0, 0.1) is 5.41 Å². The van der Waals surface area contributed by atoms with Crippen molar-refractivity contribution in [2.75, 3.05) is 18.0 Å². The average molecular weight is 272 g/mol. The number of rotatable bonds is 4. The van der Waals surface area contributed by atoms with Gasteiger partial charge < -0.3 is 15.0 Å². The van der Waals surface area contributed by atoms with Gasteiger partial charge in [-0.25, -0.2) is 4.98 Å². The van der Waals surface area contributed by atoms with Gasteiger partial charge in [-0.15, -0.1) is 0 Å². The smallest absolute Gasteiger partial charge is 0.152 e. The molecule has 1 aliphatic heterocycles. The van der Waals surface area contributed by atoms with Crippen LogP contribution >= 0.6 is 0 Å². The molecule has 20 heavy (non-hydrogen) atoms. The lowest BCUT2D eigenvalue weighted by Crippen LogP contribution is -2.27. The summed E-state index contributed by atoms with van der Waals surface area (Å²) < 4.78 is 2.12. The predicted octanol–water partition coefficient (Wildman–Crippen LogP) is 2.81. The third-order valence-electron chi connectivity index (χ3n) is 5.04. The summed E-state index contributed by atoms with van der Waals surface area (Å²) in [6.45, 7) is 7.35. The average Bonchev–Trinajstić information content (AvgIpc) is 3.08. The van der Waals surface area contributed by atoms with E-state index < -0.39 is 0 Å². The molecule has 0 radical (unpaired) electrons. The Kier molecular flexibility index (Phi) is 3.42. The summed E-state index contributed by atoms with van der Waals surface area (Å²) in [5, 5.41) is 0. The Morgan fingerprint density at radius 1 is 1.30 bits per heavy atom. The molecule has 0 saturated carbocycles. The highest BCUT2D eigenvalue weighted by Gasteiger charge is 2.36. The van der Waals surface area contributed by atoms with Crippen LogP contribution in [0.3, 0.4) is 0 Å². The highest BCUT2D eigenvalue weighted by Crippen LogP contribution is 2.39. The molecule has 2 aromatic rings. The summed E-state index contributed by atoms with van der Waals surface area (Å²) in [6, 6.07) is 6.11. The second kappa shape index (κ2) is 5.09. The number of fused-ring (bicyclic) bond motifs is 1. The minimum absolute atomic E-state index is 0.460. The van der Waals surface area contributed by atoms with Crippen LogP contribution in [-0.4, -0.2) is 22.5 Å². The molecular weight excluding hydrogens is 248 g/mol. The SMILES string of the molecule is CCC1(CC)CCN(c2nc3ccccn3c2CN)C1. The van der Waals surface area contributed by atoms with E-state index in [1.807, 2.05) is 18.2 Å². The molecular formula is C16H24N4. The van der Waals surface area contributed by atoms with E-state index in [2.05, 4.69) is 29.3 Å². The predicted molar refractivity (Wildman–Crippen MR) is 82.9 cm³/mol. The Morgan fingerprint density at radius 2 is 2.10 bits per heavy atom. The first-order chi connectivity index (χ1) is 9.73. The van der Waals surface area contributed by atoms with Crippen LogP contribution in [0.15, 0.2) is 24.4 Å². The van der Waals surface area contributed by atoms with Crippen molar-refractivity contribution in [1.82, 2.24) is 9.38 Å². The fraction of sp³-hybridized carbons (Fsp3) is 0.562. The van der Waals surface area contributed by atoms with Crippen LogP contribution in [0.1, 0.15) is 38.8 Å². The van der Waals surface area contributed by atoms with Gasteiger partial charge in [0.25, 0.3) is 0 Å². The largest absolute Gasteiger partial charge is 0.354 e. The monoisotopic (exact) mass is 272 g/mol. The number of anilines is 1. The maximum absolute atomic E-state index is 5.97. The molecule has 4 nitrogen and oxygen atoms in total. The Balaban J connectivity index is 1.99. The van der Waals surface area contributed by atoms with E-state index >= 15 is 0 Å². The zero-order chi connectivity index (χ0) is 14.2. The van der Waals surface area contributed by atoms with Crippen molar-refractivity contribution in [3.8, 4) is 0 Å². The minimum Gasteiger partial charge on any atom is -0.354 e. The summed E-state index contributed by atoms with van der Waals surface area (Å²) in [6.07, 6.45) is 5.80. The van der Waals surface area contributed by atoms with Gasteiger partial charge in [0.15, 0.2) is 5.82 Å². The molecule has 2 N–H and O–H groups in total. The maximum atomic E-state index is 5.97. The second-order valence-electron chi connectivity index (χ2n) is 5.89. The fourth-order valence-corrected chi connectivity index (χ4v) is 3.42. The molecule has 1 saturated heterocycles. The van der Waals surface area contributed by atoms with Gasteiger partial charge in [0.05, 0.1) is 5.69 Å². The molecule has 0 spiro atoms. The van der Waals surface area contributed by atoms with Gasteiger partial charge in [-0.3, -0.25) is 0 Å². The number of nitrogens with two attached hydrogens (primary N) is 1. The molecule has 0 unspecified atom stereocenters. The molecule has 1 fully saturated rings. The normalized spacial score (nSPS) is 18.1. The van der Waals surface area contributed by atoms with Crippen LogP contribution in [0.25, 0.3) is 5.65 Å². The molecule has 3 heterocycles. The summed E-state index contributed by atoms with van der Waals surface area (Å²) >= 11 is 0. The third kappa shape index (κ3) is 1.99. The number of nitrogens with zero attached hydrogens (tertiary/aromatic N) is 3. The zero-order valence-electron chi connectivity index (χ0n) is 12.5. The highest BCUT2D eigenvalue weighted by atomic mass is 15.3. The molecule has 0 aromatic carbocycles. The number of aromatic nitrogens is 2. The van der Waals surface area contributed by atoms with E-state index in [9.17, 15) is 0 Å². The van der Waals surface area contributed by atoms with E-state index in [1.165, 1.54) is 19.3 Å². The highest BCUT2D eigenvalue weighted by molar-refractivity contribution is 5.56. The lowest BCUT2D eigenvalue weighted by atomic mass is 9.82. The van der Waals surface area contributed by atoms with Gasteiger partial charge in [0.2, 0.25) is 0 Å². The van der Waals surface area contributed by atoms with Crippen molar-refractivity contribution in [3.05, 3.63) is 30.1 Å². The van der Waals surface area contributed by atoms with Gasteiger partial charge in [0.1, 0.15) is 5.65 Å². The van der Waals surface area contributed by atoms with Crippen molar-refractivity contribution in [2.45, 2.75) is 39.7 Å². The Labute approximate surface area is 120 Å². The van der Waals surface area contributed by atoms with E-state index in [4.69, 9.17) is 10.7 Å². The molecule has 1 aliphatic rings. The van der Waals surface area contributed by atoms with Gasteiger partial charge in [0, 0.05) is 25.8 Å². The van der Waals surface area contributed by atoms with Gasteiger partial charge in [-0.2, -0.15) is 0 Å². The third-order valence-corrected chi connectivity index (χ3v) is 5.04. The van der Waals surface area contributed by atoms with Crippen molar-refractivity contribution < 1.29 is 0 Å². The Morgan fingerprint density at radius 3 is 2.75 bits per heavy atom. The fourth-order valence-electron chi connectivity index (χ4n) is 3.42. The molecule has 0 aliphatic carbocycles. The number of pyridine rings is 1. The van der Waals surface area contributed by atoms with Crippen molar-refractivity contribution in [3.63, 3.8) is 0 Å². The number of hydrogen-bond acceptors (Lipinski definition) is 3. The van der Waals surface area contributed by atoms with E-state index in [0.717, 1.165) is 30.2 Å². The first-order valence-corrected chi connectivity index (χ1v) is 7.64. The second-order valence-corrected chi connectivity index (χ2v) is 5.89. The summed E-state index contributed by atoms with van der Waals surface area (Å²) in [7, 11) is 0. The number of hydrogen-bond donors (Lipinski definition) is 1. The molecule has 3 rings (SSSR count). The molecule has 0 amide bonds. The maximum Gasteiger partial charge on any atom is 0.152 e.